The van der Waals surface area contributed by atoms with Gasteiger partial charge in [0.25, 0.3) is 11.6 Å². The maximum absolute atomic E-state index is 13.0. The summed E-state index contributed by atoms with van der Waals surface area (Å²) in [5.74, 6) is -0.00590. The topological polar surface area (TPSA) is 105 Å². The van der Waals surface area contributed by atoms with Crippen molar-refractivity contribution in [2.24, 2.45) is 0 Å². The largest absolute Gasteiger partial charge is 0.477 e. The number of amides is 2. The number of hydrogen-bond donors (Lipinski definition) is 1. The van der Waals surface area contributed by atoms with E-state index in [0.717, 1.165) is 19.3 Å². The molecule has 2 aromatic carbocycles. The van der Waals surface area contributed by atoms with E-state index in [1.807, 2.05) is 23.1 Å². The molecule has 0 bridgehead atoms. The van der Waals surface area contributed by atoms with Crippen LogP contribution in [0.2, 0.25) is 5.02 Å². The van der Waals surface area contributed by atoms with E-state index in [4.69, 9.17) is 16.3 Å². The van der Waals surface area contributed by atoms with Crippen LogP contribution in [0.3, 0.4) is 0 Å². The molecule has 0 spiro atoms. The number of halogens is 1. The molecule has 0 unspecified atom stereocenters. The number of benzene rings is 2. The van der Waals surface area contributed by atoms with Crippen LogP contribution in [-0.2, 0) is 9.59 Å². The zero-order chi connectivity index (χ0) is 22.7. The Bertz CT molecular complexity index is 1040. The normalized spacial score (nSPS) is 17.8. The number of para-hydroxylation sites is 2. The third kappa shape index (κ3) is 4.77. The lowest BCUT2D eigenvalue weighted by molar-refractivity contribution is -0.383. The quantitative estimate of drug-likeness (QED) is 0.543. The number of anilines is 2. The van der Waals surface area contributed by atoms with Crippen LogP contribution in [0.1, 0.15) is 19.3 Å². The average Bonchev–Trinajstić information content (AvgIpc) is 2.80. The number of nitrogens with one attached hydrogen (secondary N) is 1. The van der Waals surface area contributed by atoms with Gasteiger partial charge in [-0.25, -0.2) is 0 Å². The number of fused-ring (bicyclic) bond motifs is 1. The molecule has 1 N–H and O–H groups in total. The summed E-state index contributed by atoms with van der Waals surface area (Å²) in [5, 5.41) is 14.1. The lowest BCUT2D eigenvalue weighted by Crippen LogP contribution is -2.52. The standard InChI is InChI=1S/C22H23ClN4O5/c23-15-8-9-16(18(12-15)27(30)31)24-21(28)14-26-13-20(22(29)25-10-4-1-5-11-25)32-19-7-3-2-6-17(19)26/h2-3,6-9,12,20H,1,4-5,10-11,13-14H2,(H,24,28)/t20-/m0/s1. The Morgan fingerprint density at radius 3 is 2.66 bits per heavy atom. The van der Waals surface area contributed by atoms with Gasteiger partial charge in [-0.05, 0) is 43.5 Å². The first-order valence-electron chi connectivity index (χ1n) is 10.5. The number of carbonyl (C=O) groups is 2. The molecule has 1 saturated heterocycles. The van der Waals surface area contributed by atoms with E-state index in [2.05, 4.69) is 5.32 Å². The maximum atomic E-state index is 13.0. The molecule has 168 valence electrons. The minimum atomic E-state index is -0.722. The van der Waals surface area contributed by atoms with Gasteiger partial charge in [0.1, 0.15) is 11.4 Å². The molecule has 1 atom stereocenters. The summed E-state index contributed by atoms with van der Waals surface area (Å²) in [6.45, 7) is 1.54. The van der Waals surface area contributed by atoms with Crippen LogP contribution in [0.15, 0.2) is 42.5 Å². The molecule has 10 heteroatoms. The molecule has 1 fully saturated rings. The molecule has 2 amide bonds. The van der Waals surface area contributed by atoms with Crippen LogP contribution < -0.4 is 15.0 Å². The van der Waals surface area contributed by atoms with Gasteiger partial charge in [-0.15, -0.1) is 0 Å². The number of nitro benzene ring substituents is 1. The lowest BCUT2D eigenvalue weighted by atomic mass is 10.1. The number of hydrogen-bond acceptors (Lipinski definition) is 6. The summed E-state index contributed by atoms with van der Waals surface area (Å²) in [6, 6.07) is 11.3. The maximum Gasteiger partial charge on any atom is 0.294 e. The van der Waals surface area contributed by atoms with Crippen LogP contribution in [0.25, 0.3) is 0 Å². The minimum absolute atomic E-state index is 0.0619. The Morgan fingerprint density at radius 2 is 1.91 bits per heavy atom. The third-order valence-electron chi connectivity index (χ3n) is 5.57. The van der Waals surface area contributed by atoms with E-state index in [-0.39, 0.29) is 35.4 Å². The number of piperidine rings is 1. The molecule has 9 nitrogen and oxygen atoms in total. The molecule has 2 heterocycles. The Labute approximate surface area is 190 Å². The van der Waals surface area contributed by atoms with Crippen molar-refractivity contribution in [3.8, 4) is 5.75 Å². The highest BCUT2D eigenvalue weighted by Gasteiger charge is 2.34. The number of rotatable bonds is 5. The fourth-order valence-electron chi connectivity index (χ4n) is 4.03. The minimum Gasteiger partial charge on any atom is -0.477 e. The van der Waals surface area contributed by atoms with Gasteiger partial charge in [0.15, 0.2) is 6.10 Å². The molecule has 0 radical (unpaired) electrons. The van der Waals surface area contributed by atoms with Gasteiger partial charge in [0.2, 0.25) is 5.91 Å². The summed E-state index contributed by atoms with van der Waals surface area (Å²) < 4.78 is 5.97. The number of nitrogens with zero attached hydrogens (tertiary/aromatic N) is 3. The van der Waals surface area contributed by atoms with Crippen molar-refractivity contribution < 1.29 is 19.2 Å². The molecule has 32 heavy (non-hydrogen) atoms. The van der Waals surface area contributed by atoms with Gasteiger partial charge in [-0.1, -0.05) is 23.7 Å². The summed E-state index contributed by atoms with van der Waals surface area (Å²) in [5.41, 5.74) is 0.467. The van der Waals surface area contributed by atoms with Crippen LogP contribution in [0, 0.1) is 10.1 Å². The summed E-state index contributed by atoms with van der Waals surface area (Å²) >= 11 is 5.84. The van der Waals surface area contributed by atoms with Gasteiger partial charge >= 0.3 is 0 Å². The molecule has 4 rings (SSSR count). The lowest BCUT2D eigenvalue weighted by Gasteiger charge is -2.38. The van der Waals surface area contributed by atoms with Crippen molar-refractivity contribution in [2.75, 3.05) is 36.4 Å². The zero-order valence-corrected chi connectivity index (χ0v) is 18.1. The SMILES string of the molecule is O=C(CN1C[C@@H](C(=O)N2CCCCC2)Oc2ccccc21)Nc1ccc(Cl)cc1[N+](=O)[O-]. The van der Waals surface area contributed by atoms with Crippen LogP contribution in [-0.4, -0.2) is 53.9 Å². The molecule has 2 aliphatic rings. The van der Waals surface area contributed by atoms with E-state index in [1.54, 1.807) is 11.0 Å². The van der Waals surface area contributed by atoms with Gasteiger partial charge in [0.05, 0.1) is 23.7 Å². The second-order valence-corrected chi connectivity index (χ2v) is 8.24. The first kappa shape index (κ1) is 21.9. The van der Waals surface area contributed by atoms with Crippen LogP contribution in [0.5, 0.6) is 5.75 Å². The van der Waals surface area contributed by atoms with Gasteiger partial charge < -0.3 is 19.9 Å². The predicted octanol–water partition coefficient (Wildman–Crippen LogP) is 3.47. The fraction of sp³-hybridized carbons (Fsp3) is 0.364. The Kier molecular flexibility index (Phi) is 6.45. The number of carbonyl (C=O) groups excluding carboxylic acids is 2. The average molecular weight is 459 g/mol. The fourth-order valence-corrected chi connectivity index (χ4v) is 4.19. The van der Waals surface area contributed by atoms with Crippen molar-refractivity contribution in [3.63, 3.8) is 0 Å². The molecule has 0 saturated carbocycles. The van der Waals surface area contributed by atoms with Gasteiger partial charge in [-0.3, -0.25) is 19.7 Å². The summed E-state index contributed by atoms with van der Waals surface area (Å²) in [7, 11) is 0. The van der Waals surface area contributed by atoms with E-state index in [1.165, 1.54) is 18.2 Å². The first-order chi connectivity index (χ1) is 15.4. The second-order valence-electron chi connectivity index (χ2n) is 7.81. The van der Waals surface area contributed by atoms with E-state index in [0.29, 0.717) is 24.5 Å². The zero-order valence-electron chi connectivity index (χ0n) is 17.3. The smallest absolute Gasteiger partial charge is 0.294 e. The van der Waals surface area contributed by atoms with Crippen LogP contribution in [0.4, 0.5) is 17.1 Å². The second kappa shape index (κ2) is 9.44. The predicted molar refractivity (Wildman–Crippen MR) is 120 cm³/mol. The van der Waals surface area contributed by atoms with E-state index in [9.17, 15) is 19.7 Å². The Balaban J connectivity index is 1.51. The summed E-state index contributed by atoms with van der Waals surface area (Å²) in [4.78, 5) is 40.1. The summed E-state index contributed by atoms with van der Waals surface area (Å²) in [6.07, 6.45) is 2.34. The molecule has 0 aromatic heterocycles. The van der Waals surface area contributed by atoms with Gasteiger partial charge in [0, 0.05) is 24.2 Å². The van der Waals surface area contributed by atoms with Crippen molar-refractivity contribution >= 4 is 40.5 Å². The molecular formula is C22H23ClN4O5. The number of likely N-dealkylation sites (tertiary alicyclic amines) is 1. The monoisotopic (exact) mass is 458 g/mol. The van der Waals surface area contributed by atoms with Gasteiger partial charge in [-0.2, -0.15) is 0 Å². The first-order valence-corrected chi connectivity index (χ1v) is 10.8. The Hall–Kier alpha value is -3.33. The van der Waals surface area contributed by atoms with Crippen LogP contribution >= 0.6 is 11.6 Å². The van der Waals surface area contributed by atoms with E-state index >= 15 is 0 Å². The molecule has 2 aliphatic heterocycles. The number of nitro groups is 1. The van der Waals surface area contributed by atoms with Crippen molar-refractivity contribution in [2.45, 2.75) is 25.4 Å². The van der Waals surface area contributed by atoms with Crippen molar-refractivity contribution in [1.82, 2.24) is 4.90 Å². The highest BCUT2D eigenvalue weighted by Crippen LogP contribution is 2.34. The van der Waals surface area contributed by atoms with Crippen molar-refractivity contribution in [1.29, 1.82) is 0 Å². The highest BCUT2D eigenvalue weighted by molar-refractivity contribution is 6.31. The highest BCUT2D eigenvalue weighted by atomic mass is 35.5. The van der Waals surface area contributed by atoms with E-state index < -0.39 is 16.9 Å². The Morgan fingerprint density at radius 1 is 1.16 bits per heavy atom. The molecule has 0 aliphatic carbocycles. The van der Waals surface area contributed by atoms with Crippen molar-refractivity contribution in [3.05, 3.63) is 57.6 Å². The molecule has 2 aromatic rings. The third-order valence-corrected chi connectivity index (χ3v) is 5.80. The number of ether oxygens (including phenoxy) is 1. The molecular weight excluding hydrogens is 436 g/mol.